The molecule has 0 radical (unpaired) electrons. The van der Waals surface area contributed by atoms with Gasteiger partial charge in [0.05, 0.1) is 11.4 Å². The summed E-state index contributed by atoms with van der Waals surface area (Å²) in [6.45, 7) is 2.56. The van der Waals surface area contributed by atoms with Gasteiger partial charge in [-0.2, -0.15) is 5.10 Å². The number of nitrogens with zero attached hydrogens (tertiary/aromatic N) is 2. The molecule has 0 fully saturated rings. The molecular formula is C26H24ClN3O. The maximum Gasteiger partial charge on any atom is 0.220 e. The first-order chi connectivity index (χ1) is 15.1. The molecule has 1 heterocycles. The molecule has 1 aromatic heterocycles. The van der Waals surface area contributed by atoms with Gasteiger partial charge in [0.2, 0.25) is 5.91 Å². The third-order valence-corrected chi connectivity index (χ3v) is 5.41. The second-order valence-corrected chi connectivity index (χ2v) is 7.99. The summed E-state index contributed by atoms with van der Waals surface area (Å²) in [6.07, 6.45) is 3.03. The molecule has 3 aromatic carbocycles. The number of carbonyl (C=O) groups excluding carboxylic acids is 1. The zero-order chi connectivity index (χ0) is 21.6. The summed E-state index contributed by atoms with van der Waals surface area (Å²) in [7, 11) is 0. The van der Waals surface area contributed by atoms with Crippen LogP contribution in [0.5, 0.6) is 0 Å². The molecule has 0 aliphatic carbocycles. The van der Waals surface area contributed by atoms with E-state index in [1.807, 2.05) is 65.5 Å². The molecule has 0 atom stereocenters. The number of halogens is 1. The highest BCUT2D eigenvalue weighted by atomic mass is 35.5. The lowest BCUT2D eigenvalue weighted by atomic mass is 10.0. The topological polar surface area (TPSA) is 46.9 Å². The first kappa shape index (κ1) is 20.9. The maximum atomic E-state index is 12.5. The van der Waals surface area contributed by atoms with E-state index in [0.717, 1.165) is 28.1 Å². The number of carbonyl (C=O) groups is 1. The van der Waals surface area contributed by atoms with Crippen LogP contribution in [0, 0.1) is 6.92 Å². The largest absolute Gasteiger partial charge is 0.352 e. The molecule has 0 aliphatic heterocycles. The van der Waals surface area contributed by atoms with Gasteiger partial charge in [-0.15, -0.1) is 0 Å². The molecule has 4 aromatic rings. The second kappa shape index (κ2) is 9.63. The van der Waals surface area contributed by atoms with Crippen molar-refractivity contribution in [2.45, 2.75) is 26.3 Å². The zero-order valence-corrected chi connectivity index (χ0v) is 18.1. The summed E-state index contributed by atoms with van der Waals surface area (Å²) >= 11 is 5.92. The smallest absolute Gasteiger partial charge is 0.220 e. The molecule has 0 aliphatic rings. The summed E-state index contributed by atoms with van der Waals surface area (Å²) < 4.78 is 1.89. The van der Waals surface area contributed by atoms with Gasteiger partial charge in [-0.05, 0) is 48.7 Å². The molecule has 31 heavy (non-hydrogen) atoms. The van der Waals surface area contributed by atoms with E-state index in [1.165, 1.54) is 5.56 Å². The lowest BCUT2D eigenvalue weighted by Gasteiger charge is -2.06. The molecule has 1 N–H and O–H groups in total. The number of rotatable bonds is 7. The summed E-state index contributed by atoms with van der Waals surface area (Å²) in [4.78, 5) is 12.5. The summed E-state index contributed by atoms with van der Waals surface area (Å²) in [6, 6.07) is 25.8. The van der Waals surface area contributed by atoms with Gasteiger partial charge in [0.15, 0.2) is 0 Å². The van der Waals surface area contributed by atoms with Gasteiger partial charge in [0.25, 0.3) is 0 Å². The van der Waals surface area contributed by atoms with Crippen LogP contribution in [0.15, 0.2) is 85.1 Å². The van der Waals surface area contributed by atoms with E-state index in [0.29, 0.717) is 24.4 Å². The van der Waals surface area contributed by atoms with E-state index < -0.39 is 0 Å². The number of aromatic nitrogens is 2. The van der Waals surface area contributed by atoms with Crippen LogP contribution < -0.4 is 5.32 Å². The Morgan fingerprint density at radius 3 is 2.39 bits per heavy atom. The Morgan fingerprint density at radius 2 is 1.68 bits per heavy atom. The zero-order valence-electron chi connectivity index (χ0n) is 17.4. The predicted molar refractivity (Wildman–Crippen MR) is 125 cm³/mol. The fraction of sp³-hybridized carbons (Fsp3) is 0.154. The van der Waals surface area contributed by atoms with Crippen molar-refractivity contribution in [2.75, 3.05) is 0 Å². The fourth-order valence-corrected chi connectivity index (χ4v) is 3.53. The molecular weight excluding hydrogens is 406 g/mol. The molecule has 5 heteroatoms. The third kappa shape index (κ3) is 5.41. The standard InChI is InChI=1S/C26H24ClN3O/c1-19-7-11-21(12-8-19)26-22(18-30(29-26)24-5-3-2-4-6-24)13-16-25(31)28-17-20-9-14-23(27)15-10-20/h2-12,14-15,18H,13,16-17H2,1H3,(H,28,31). The van der Waals surface area contributed by atoms with Gasteiger partial charge >= 0.3 is 0 Å². The third-order valence-electron chi connectivity index (χ3n) is 5.16. The molecule has 4 nitrogen and oxygen atoms in total. The molecule has 156 valence electrons. The number of hydrogen-bond acceptors (Lipinski definition) is 2. The van der Waals surface area contributed by atoms with Crippen molar-refractivity contribution in [3.8, 4) is 16.9 Å². The van der Waals surface area contributed by atoms with Crippen molar-refractivity contribution in [1.29, 1.82) is 0 Å². The van der Waals surface area contributed by atoms with Crippen LogP contribution in [0.1, 0.15) is 23.1 Å². The Kier molecular flexibility index (Phi) is 6.48. The predicted octanol–water partition coefficient (Wildman–Crippen LogP) is 5.75. The van der Waals surface area contributed by atoms with Gasteiger partial charge in [-0.25, -0.2) is 4.68 Å². The number of hydrogen-bond donors (Lipinski definition) is 1. The minimum atomic E-state index is 0.0114. The number of benzene rings is 3. The highest BCUT2D eigenvalue weighted by molar-refractivity contribution is 6.30. The van der Waals surface area contributed by atoms with Gasteiger partial charge in [-0.3, -0.25) is 4.79 Å². The van der Waals surface area contributed by atoms with E-state index >= 15 is 0 Å². The summed E-state index contributed by atoms with van der Waals surface area (Å²) in [5.74, 6) is 0.0114. The van der Waals surface area contributed by atoms with Crippen molar-refractivity contribution in [2.24, 2.45) is 0 Å². The SMILES string of the molecule is Cc1ccc(-c2nn(-c3ccccc3)cc2CCC(=O)NCc2ccc(Cl)cc2)cc1. The Hall–Kier alpha value is -3.37. The van der Waals surface area contributed by atoms with Crippen LogP contribution in [-0.4, -0.2) is 15.7 Å². The first-order valence-electron chi connectivity index (χ1n) is 10.3. The average molecular weight is 430 g/mol. The normalized spacial score (nSPS) is 10.8. The van der Waals surface area contributed by atoms with Crippen molar-refractivity contribution < 1.29 is 4.79 Å². The van der Waals surface area contributed by atoms with Crippen LogP contribution in [-0.2, 0) is 17.8 Å². The lowest BCUT2D eigenvalue weighted by molar-refractivity contribution is -0.121. The van der Waals surface area contributed by atoms with E-state index in [4.69, 9.17) is 16.7 Å². The van der Waals surface area contributed by atoms with Gasteiger partial charge < -0.3 is 5.32 Å². The van der Waals surface area contributed by atoms with Crippen molar-refractivity contribution >= 4 is 17.5 Å². The fourth-order valence-electron chi connectivity index (χ4n) is 3.40. The van der Waals surface area contributed by atoms with Crippen LogP contribution >= 0.6 is 11.6 Å². The Bertz CT molecular complexity index is 1150. The van der Waals surface area contributed by atoms with Gasteiger partial charge in [0.1, 0.15) is 0 Å². The van der Waals surface area contributed by atoms with Crippen LogP contribution in [0.4, 0.5) is 0 Å². The number of amides is 1. The van der Waals surface area contributed by atoms with Crippen molar-refractivity contribution in [3.05, 3.63) is 107 Å². The van der Waals surface area contributed by atoms with E-state index in [2.05, 4.69) is 36.5 Å². The number of para-hydroxylation sites is 1. The molecule has 0 bridgehead atoms. The van der Waals surface area contributed by atoms with Gasteiger partial charge in [-0.1, -0.05) is 71.8 Å². The second-order valence-electron chi connectivity index (χ2n) is 7.55. The van der Waals surface area contributed by atoms with Crippen molar-refractivity contribution in [3.63, 3.8) is 0 Å². The number of nitrogens with one attached hydrogen (secondary N) is 1. The Morgan fingerprint density at radius 1 is 0.968 bits per heavy atom. The minimum absolute atomic E-state index is 0.0114. The van der Waals surface area contributed by atoms with E-state index in [9.17, 15) is 4.79 Å². The van der Waals surface area contributed by atoms with Crippen LogP contribution in [0.25, 0.3) is 16.9 Å². The Balaban J connectivity index is 1.49. The molecule has 0 unspecified atom stereocenters. The quantitative estimate of drug-likeness (QED) is 0.406. The average Bonchev–Trinajstić information content (AvgIpc) is 3.23. The minimum Gasteiger partial charge on any atom is -0.352 e. The lowest BCUT2D eigenvalue weighted by Crippen LogP contribution is -2.22. The van der Waals surface area contributed by atoms with E-state index in [1.54, 1.807) is 0 Å². The monoisotopic (exact) mass is 429 g/mol. The highest BCUT2D eigenvalue weighted by Gasteiger charge is 2.14. The van der Waals surface area contributed by atoms with Crippen LogP contribution in [0.3, 0.4) is 0 Å². The molecule has 0 saturated carbocycles. The molecule has 0 saturated heterocycles. The van der Waals surface area contributed by atoms with E-state index in [-0.39, 0.29) is 5.91 Å². The van der Waals surface area contributed by atoms with Crippen molar-refractivity contribution in [1.82, 2.24) is 15.1 Å². The first-order valence-corrected chi connectivity index (χ1v) is 10.7. The molecule has 4 rings (SSSR count). The highest BCUT2D eigenvalue weighted by Crippen LogP contribution is 2.25. The van der Waals surface area contributed by atoms with Crippen LogP contribution in [0.2, 0.25) is 5.02 Å². The Labute approximate surface area is 187 Å². The number of aryl methyl sites for hydroxylation is 2. The summed E-state index contributed by atoms with van der Waals surface area (Å²) in [5.41, 5.74) is 6.24. The molecule has 0 spiro atoms. The molecule has 1 amide bonds. The summed E-state index contributed by atoms with van der Waals surface area (Å²) in [5, 5.41) is 8.51. The van der Waals surface area contributed by atoms with Gasteiger partial charge in [0, 0.05) is 29.7 Å². The maximum absolute atomic E-state index is 12.5.